The van der Waals surface area contributed by atoms with Gasteiger partial charge in [-0.1, -0.05) is 12.1 Å². The molecule has 0 radical (unpaired) electrons. The fourth-order valence-electron chi connectivity index (χ4n) is 1.65. The molecule has 0 unspecified atom stereocenters. The van der Waals surface area contributed by atoms with E-state index in [4.69, 9.17) is 10.2 Å². The summed E-state index contributed by atoms with van der Waals surface area (Å²) in [5.74, 6) is 0. The van der Waals surface area contributed by atoms with Crippen molar-refractivity contribution in [3.63, 3.8) is 0 Å². The molecule has 16 heavy (non-hydrogen) atoms. The number of rotatable bonds is 3. The maximum atomic E-state index is 9.13. The number of aliphatic hydroxyl groups is 2. The van der Waals surface area contributed by atoms with Crippen LogP contribution < -0.4 is 0 Å². The molecule has 82 valence electrons. The van der Waals surface area contributed by atoms with E-state index in [0.717, 1.165) is 22.3 Å². The van der Waals surface area contributed by atoms with Crippen molar-refractivity contribution in [3.8, 4) is 11.1 Å². The molecule has 0 atom stereocenters. The molecule has 0 aliphatic carbocycles. The Morgan fingerprint density at radius 1 is 0.938 bits per heavy atom. The summed E-state index contributed by atoms with van der Waals surface area (Å²) >= 11 is 0. The Morgan fingerprint density at radius 3 is 2.12 bits per heavy atom. The van der Waals surface area contributed by atoms with Gasteiger partial charge in [0.15, 0.2) is 0 Å². The van der Waals surface area contributed by atoms with E-state index >= 15 is 0 Å². The zero-order chi connectivity index (χ0) is 11.4. The SMILES string of the molecule is OCc1cc(CO)cc(-c2cccnc2)c1. The molecule has 3 heteroatoms. The van der Waals surface area contributed by atoms with E-state index in [0.29, 0.717) is 0 Å². The third kappa shape index (κ3) is 2.27. The van der Waals surface area contributed by atoms with Crippen LogP contribution in [-0.4, -0.2) is 15.2 Å². The van der Waals surface area contributed by atoms with Crippen LogP contribution in [0.5, 0.6) is 0 Å². The van der Waals surface area contributed by atoms with E-state index in [1.54, 1.807) is 18.5 Å². The van der Waals surface area contributed by atoms with Gasteiger partial charge in [0.1, 0.15) is 0 Å². The first-order valence-electron chi connectivity index (χ1n) is 5.08. The van der Waals surface area contributed by atoms with Crippen molar-refractivity contribution in [2.45, 2.75) is 13.2 Å². The number of benzene rings is 1. The normalized spacial score (nSPS) is 10.4. The Bertz CT molecular complexity index is 446. The van der Waals surface area contributed by atoms with Crippen LogP contribution in [0.4, 0.5) is 0 Å². The highest BCUT2D eigenvalue weighted by atomic mass is 16.3. The van der Waals surface area contributed by atoms with Crippen LogP contribution in [0, 0.1) is 0 Å². The molecule has 1 aromatic carbocycles. The lowest BCUT2D eigenvalue weighted by molar-refractivity contribution is 0.275. The summed E-state index contributed by atoms with van der Waals surface area (Å²) in [4.78, 5) is 4.05. The van der Waals surface area contributed by atoms with Gasteiger partial charge in [-0.25, -0.2) is 0 Å². The highest BCUT2D eigenvalue weighted by Crippen LogP contribution is 2.21. The van der Waals surface area contributed by atoms with Crippen molar-refractivity contribution in [2.75, 3.05) is 0 Å². The summed E-state index contributed by atoms with van der Waals surface area (Å²) in [5, 5.41) is 18.3. The van der Waals surface area contributed by atoms with Crippen LogP contribution in [-0.2, 0) is 13.2 Å². The van der Waals surface area contributed by atoms with Gasteiger partial charge in [-0.2, -0.15) is 0 Å². The standard InChI is InChI=1S/C13H13NO2/c15-8-10-4-11(9-16)6-13(5-10)12-2-1-3-14-7-12/h1-7,15-16H,8-9H2. The minimum atomic E-state index is -0.0267. The largest absolute Gasteiger partial charge is 0.392 e. The van der Waals surface area contributed by atoms with Gasteiger partial charge >= 0.3 is 0 Å². The number of pyridine rings is 1. The lowest BCUT2D eigenvalue weighted by atomic mass is 10.0. The highest BCUT2D eigenvalue weighted by molar-refractivity contribution is 5.64. The van der Waals surface area contributed by atoms with Crippen molar-refractivity contribution in [1.82, 2.24) is 4.98 Å². The van der Waals surface area contributed by atoms with Gasteiger partial charge in [0.05, 0.1) is 13.2 Å². The second-order valence-corrected chi connectivity index (χ2v) is 3.60. The quantitative estimate of drug-likeness (QED) is 0.819. The molecule has 0 aliphatic heterocycles. The third-order valence-electron chi connectivity index (χ3n) is 2.41. The van der Waals surface area contributed by atoms with Crippen LogP contribution in [0.1, 0.15) is 11.1 Å². The molecule has 0 fully saturated rings. The Kier molecular flexibility index (Phi) is 3.29. The molecule has 0 amide bonds. The Balaban J connectivity index is 2.48. The Hall–Kier alpha value is -1.71. The van der Waals surface area contributed by atoms with Gasteiger partial charge < -0.3 is 10.2 Å². The minimum Gasteiger partial charge on any atom is -0.392 e. The van der Waals surface area contributed by atoms with E-state index in [1.165, 1.54) is 0 Å². The molecular formula is C13H13NO2. The maximum Gasteiger partial charge on any atom is 0.0682 e. The lowest BCUT2D eigenvalue weighted by Crippen LogP contribution is -1.91. The monoisotopic (exact) mass is 215 g/mol. The summed E-state index contributed by atoms with van der Waals surface area (Å²) in [6.45, 7) is -0.0534. The number of hydrogen-bond acceptors (Lipinski definition) is 3. The van der Waals surface area contributed by atoms with Crippen LogP contribution >= 0.6 is 0 Å². The fraction of sp³-hybridized carbons (Fsp3) is 0.154. The average Bonchev–Trinajstić information content (AvgIpc) is 2.39. The van der Waals surface area contributed by atoms with E-state index in [9.17, 15) is 0 Å². The smallest absolute Gasteiger partial charge is 0.0682 e. The first kappa shape index (κ1) is 10.8. The van der Waals surface area contributed by atoms with Gasteiger partial charge in [-0.05, 0) is 34.9 Å². The van der Waals surface area contributed by atoms with Gasteiger partial charge in [0.2, 0.25) is 0 Å². The molecule has 2 N–H and O–H groups in total. The molecule has 1 heterocycles. The number of aromatic nitrogens is 1. The van der Waals surface area contributed by atoms with Gasteiger partial charge in [-0.15, -0.1) is 0 Å². The topological polar surface area (TPSA) is 53.4 Å². The van der Waals surface area contributed by atoms with Crippen molar-refractivity contribution >= 4 is 0 Å². The van der Waals surface area contributed by atoms with Crippen molar-refractivity contribution in [3.05, 3.63) is 53.9 Å². The number of nitrogens with zero attached hydrogens (tertiary/aromatic N) is 1. The van der Waals surface area contributed by atoms with Crippen molar-refractivity contribution in [2.24, 2.45) is 0 Å². The van der Waals surface area contributed by atoms with E-state index in [2.05, 4.69) is 4.98 Å². The van der Waals surface area contributed by atoms with E-state index in [-0.39, 0.29) is 13.2 Å². The van der Waals surface area contributed by atoms with Crippen LogP contribution in [0.15, 0.2) is 42.7 Å². The second-order valence-electron chi connectivity index (χ2n) is 3.60. The first-order chi connectivity index (χ1) is 7.83. The average molecular weight is 215 g/mol. The first-order valence-corrected chi connectivity index (χ1v) is 5.08. The van der Waals surface area contributed by atoms with Gasteiger partial charge in [-0.3, -0.25) is 4.98 Å². The second kappa shape index (κ2) is 4.88. The molecule has 0 saturated heterocycles. The summed E-state index contributed by atoms with van der Waals surface area (Å²) in [7, 11) is 0. The predicted molar refractivity (Wildman–Crippen MR) is 61.5 cm³/mol. The number of hydrogen-bond donors (Lipinski definition) is 2. The highest BCUT2D eigenvalue weighted by Gasteiger charge is 2.02. The summed E-state index contributed by atoms with van der Waals surface area (Å²) in [5.41, 5.74) is 3.53. The zero-order valence-corrected chi connectivity index (χ0v) is 8.80. The predicted octanol–water partition coefficient (Wildman–Crippen LogP) is 1.73. The molecule has 1 aromatic heterocycles. The molecule has 0 bridgehead atoms. The van der Waals surface area contributed by atoms with Crippen molar-refractivity contribution < 1.29 is 10.2 Å². The summed E-state index contributed by atoms with van der Waals surface area (Å²) < 4.78 is 0. The Morgan fingerprint density at radius 2 is 1.62 bits per heavy atom. The molecule has 3 nitrogen and oxygen atoms in total. The summed E-state index contributed by atoms with van der Waals surface area (Å²) in [6, 6.07) is 9.40. The minimum absolute atomic E-state index is 0.0267. The summed E-state index contributed by atoms with van der Waals surface area (Å²) in [6.07, 6.45) is 3.48. The molecule has 2 rings (SSSR count). The van der Waals surface area contributed by atoms with Crippen molar-refractivity contribution in [1.29, 1.82) is 0 Å². The molecular weight excluding hydrogens is 202 g/mol. The van der Waals surface area contributed by atoms with Gasteiger partial charge in [0.25, 0.3) is 0 Å². The molecule has 0 spiro atoms. The zero-order valence-electron chi connectivity index (χ0n) is 8.80. The van der Waals surface area contributed by atoms with Gasteiger partial charge in [0, 0.05) is 18.0 Å². The Labute approximate surface area is 94.0 Å². The molecule has 0 aliphatic rings. The lowest BCUT2D eigenvalue weighted by Gasteiger charge is -2.06. The van der Waals surface area contributed by atoms with Crippen LogP contribution in [0.3, 0.4) is 0 Å². The van der Waals surface area contributed by atoms with E-state index in [1.807, 2.05) is 24.3 Å². The van der Waals surface area contributed by atoms with Crippen LogP contribution in [0.25, 0.3) is 11.1 Å². The number of aliphatic hydroxyl groups excluding tert-OH is 2. The molecule has 2 aromatic rings. The maximum absolute atomic E-state index is 9.13. The van der Waals surface area contributed by atoms with E-state index < -0.39 is 0 Å². The fourth-order valence-corrected chi connectivity index (χ4v) is 1.65. The van der Waals surface area contributed by atoms with Crippen LogP contribution in [0.2, 0.25) is 0 Å². The molecule has 0 saturated carbocycles. The third-order valence-corrected chi connectivity index (χ3v) is 2.41.